The first-order valence-corrected chi connectivity index (χ1v) is 14.8. The van der Waals surface area contributed by atoms with Crippen LogP contribution in [0, 0.1) is 11.6 Å². The van der Waals surface area contributed by atoms with Crippen LogP contribution >= 0.6 is 0 Å². The molecule has 2 aliphatic heterocycles. The minimum absolute atomic E-state index is 0.0566. The maximum Gasteiger partial charge on any atom is 0.219 e. The summed E-state index contributed by atoms with van der Waals surface area (Å²) >= 11 is 0. The number of aliphatic hydroxyl groups is 2. The van der Waals surface area contributed by atoms with Crippen LogP contribution in [0.15, 0.2) is 42.5 Å². The lowest BCUT2D eigenvalue weighted by Gasteiger charge is -2.42. The largest absolute Gasteiger partial charge is 0.394 e. The Labute approximate surface area is 227 Å². The molecular weight excluding hydrogens is 530 g/mol. The van der Waals surface area contributed by atoms with Crippen molar-refractivity contribution in [1.82, 2.24) is 10.2 Å². The van der Waals surface area contributed by atoms with Gasteiger partial charge in [0.1, 0.15) is 17.7 Å². The lowest BCUT2D eigenvalue weighted by Crippen LogP contribution is -2.53. The van der Waals surface area contributed by atoms with Crippen LogP contribution in [-0.2, 0) is 31.4 Å². The second kappa shape index (κ2) is 12.0. The molecule has 11 heteroatoms. The lowest BCUT2D eigenvalue weighted by atomic mass is 9.82. The van der Waals surface area contributed by atoms with Crippen molar-refractivity contribution < 1.29 is 36.9 Å². The van der Waals surface area contributed by atoms with Gasteiger partial charge in [0.15, 0.2) is 9.84 Å². The Bertz CT molecular complexity index is 1270. The second-order valence-electron chi connectivity index (χ2n) is 10.5. The maximum atomic E-state index is 15.7. The molecule has 214 valence electrons. The summed E-state index contributed by atoms with van der Waals surface area (Å²) in [5.74, 6) is -1.66. The van der Waals surface area contributed by atoms with Gasteiger partial charge in [-0.2, -0.15) is 0 Å². The highest BCUT2D eigenvalue weighted by atomic mass is 32.2. The average molecular weight is 567 g/mol. The number of halogens is 2. The van der Waals surface area contributed by atoms with Crippen LogP contribution in [0.5, 0.6) is 0 Å². The number of sulfone groups is 1. The molecule has 0 spiro atoms. The van der Waals surface area contributed by atoms with Gasteiger partial charge < -0.3 is 25.2 Å². The van der Waals surface area contributed by atoms with Crippen molar-refractivity contribution in [3.63, 3.8) is 0 Å². The van der Waals surface area contributed by atoms with E-state index in [1.54, 1.807) is 42.2 Å². The number of ether oxygens (including phenoxy) is 1. The molecule has 39 heavy (non-hydrogen) atoms. The molecule has 2 aromatic rings. The molecular formula is C28H36F2N2O6S. The number of hydrogen-bond donors (Lipinski definition) is 3. The number of aliphatic hydroxyl groups excluding tert-OH is 2. The Kier molecular flexibility index (Phi) is 9.07. The molecule has 2 saturated heterocycles. The normalized spacial score (nSPS) is 25.3. The fraction of sp³-hybridized carbons (Fsp3) is 0.536. The van der Waals surface area contributed by atoms with Gasteiger partial charge in [0.05, 0.1) is 29.3 Å². The lowest BCUT2D eigenvalue weighted by molar-refractivity contribution is -0.143. The molecule has 2 heterocycles. The molecule has 0 radical (unpaired) electrons. The van der Waals surface area contributed by atoms with Crippen LogP contribution < -0.4 is 5.32 Å². The van der Waals surface area contributed by atoms with E-state index in [1.165, 1.54) is 6.92 Å². The third-order valence-corrected chi connectivity index (χ3v) is 10.7. The standard InChI is InChI=1S/C28H36F2N2O6S/c1-18-26(39(36,37)27(15-31-18)20-6-4-3-5-7-20)13-21-12-25(30)23(14-24(21)29)28(38-17-22(35)16-33)8-10-32(11-9-28)19(2)34/h3-7,12,14,18,22,26-27,31,33,35H,8-11,13,15-17H2,1-2H3/t18-,22-,26?,27-/m0/s1. The number of benzene rings is 2. The van der Waals surface area contributed by atoms with Gasteiger partial charge in [0, 0.05) is 38.2 Å². The van der Waals surface area contributed by atoms with Crippen LogP contribution in [0.4, 0.5) is 8.78 Å². The van der Waals surface area contributed by atoms with Crippen molar-refractivity contribution in [2.45, 2.75) is 61.4 Å². The van der Waals surface area contributed by atoms with E-state index in [0.717, 1.165) is 12.1 Å². The summed E-state index contributed by atoms with van der Waals surface area (Å²) in [6.45, 7) is 3.02. The first-order chi connectivity index (χ1) is 18.5. The molecule has 0 saturated carbocycles. The van der Waals surface area contributed by atoms with Crippen LogP contribution in [0.2, 0.25) is 0 Å². The molecule has 4 atom stereocenters. The molecule has 2 aliphatic rings. The van der Waals surface area contributed by atoms with E-state index >= 15 is 8.78 Å². The smallest absolute Gasteiger partial charge is 0.219 e. The molecule has 0 aliphatic carbocycles. The van der Waals surface area contributed by atoms with Gasteiger partial charge in [-0.1, -0.05) is 30.3 Å². The number of likely N-dealkylation sites (tertiary alicyclic amines) is 1. The van der Waals surface area contributed by atoms with Gasteiger partial charge in [-0.05, 0) is 49.4 Å². The van der Waals surface area contributed by atoms with Gasteiger partial charge in [0.25, 0.3) is 0 Å². The van der Waals surface area contributed by atoms with E-state index in [9.17, 15) is 23.4 Å². The van der Waals surface area contributed by atoms with Crippen molar-refractivity contribution in [3.8, 4) is 0 Å². The molecule has 1 unspecified atom stereocenters. The number of rotatable bonds is 8. The van der Waals surface area contributed by atoms with Crippen molar-refractivity contribution in [1.29, 1.82) is 0 Å². The number of nitrogens with zero attached hydrogens (tertiary/aromatic N) is 1. The molecule has 1 amide bonds. The van der Waals surface area contributed by atoms with Crippen LogP contribution in [0.3, 0.4) is 0 Å². The Balaban J connectivity index is 1.63. The molecule has 3 N–H and O–H groups in total. The Hall–Kier alpha value is -2.44. The summed E-state index contributed by atoms with van der Waals surface area (Å²) in [6.07, 6.45) is -1.09. The van der Waals surface area contributed by atoms with Gasteiger partial charge in [-0.3, -0.25) is 4.79 Å². The Morgan fingerprint density at radius 3 is 2.46 bits per heavy atom. The van der Waals surface area contributed by atoms with Crippen LogP contribution in [0.25, 0.3) is 0 Å². The predicted octanol–water partition coefficient (Wildman–Crippen LogP) is 2.23. The summed E-state index contributed by atoms with van der Waals surface area (Å²) in [5, 5.41) is 20.5. The predicted molar refractivity (Wildman–Crippen MR) is 142 cm³/mol. The number of carbonyl (C=O) groups is 1. The average Bonchev–Trinajstić information content (AvgIpc) is 2.91. The first-order valence-electron chi connectivity index (χ1n) is 13.2. The minimum Gasteiger partial charge on any atom is -0.394 e. The summed E-state index contributed by atoms with van der Waals surface area (Å²) < 4.78 is 64.4. The summed E-state index contributed by atoms with van der Waals surface area (Å²) in [6, 6.07) is 10.4. The van der Waals surface area contributed by atoms with Crippen molar-refractivity contribution in [2.75, 3.05) is 32.8 Å². The van der Waals surface area contributed by atoms with Gasteiger partial charge >= 0.3 is 0 Å². The zero-order chi connectivity index (χ0) is 28.4. The topological polar surface area (TPSA) is 116 Å². The summed E-state index contributed by atoms with van der Waals surface area (Å²) in [7, 11) is -3.74. The molecule has 4 rings (SSSR count). The SMILES string of the molecule is CC(=O)N1CCC(OC[C@@H](O)CO)(c2cc(F)c(CC3[C@H](C)NC[C@@H](c4ccccc4)S3(=O)=O)cc2F)CC1. The van der Waals surface area contributed by atoms with Crippen LogP contribution in [-0.4, -0.2) is 79.7 Å². The second-order valence-corrected chi connectivity index (χ2v) is 12.9. The van der Waals surface area contributed by atoms with E-state index in [0.29, 0.717) is 5.56 Å². The number of nitrogens with one attached hydrogen (secondary N) is 1. The fourth-order valence-electron chi connectivity index (χ4n) is 5.60. The fourth-order valence-corrected chi connectivity index (χ4v) is 7.96. The minimum atomic E-state index is -3.74. The quantitative estimate of drug-likeness (QED) is 0.449. The molecule has 0 bridgehead atoms. The zero-order valence-corrected chi connectivity index (χ0v) is 23.0. The highest BCUT2D eigenvalue weighted by molar-refractivity contribution is 7.92. The van der Waals surface area contributed by atoms with Gasteiger partial charge in [-0.25, -0.2) is 17.2 Å². The van der Waals surface area contributed by atoms with E-state index in [4.69, 9.17) is 4.74 Å². The van der Waals surface area contributed by atoms with Crippen molar-refractivity contribution >= 4 is 15.7 Å². The number of carbonyl (C=O) groups excluding carboxylic acids is 1. The van der Waals surface area contributed by atoms with E-state index in [2.05, 4.69) is 5.32 Å². The van der Waals surface area contributed by atoms with Crippen LogP contribution in [0.1, 0.15) is 48.6 Å². The first kappa shape index (κ1) is 29.5. The summed E-state index contributed by atoms with van der Waals surface area (Å²) in [4.78, 5) is 13.4. The van der Waals surface area contributed by atoms with E-state index in [-0.39, 0.29) is 62.5 Å². The third-order valence-electron chi connectivity index (χ3n) is 8.00. The third kappa shape index (κ3) is 6.17. The molecule has 0 aromatic heterocycles. The molecule has 2 fully saturated rings. The summed E-state index contributed by atoms with van der Waals surface area (Å²) in [5.41, 5.74) is -0.795. The maximum absolute atomic E-state index is 15.7. The highest BCUT2D eigenvalue weighted by Crippen LogP contribution is 2.40. The number of amides is 1. The Morgan fingerprint density at radius 1 is 1.18 bits per heavy atom. The van der Waals surface area contributed by atoms with E-state index < -0.39 is 56.3 Å². The van der Waals surface area contributed by atoms with Gasteiger partial charge in [0.2, 0.25) is 5.91 Å². The highest BCUT2D eigenvalue weighted by Gasteiger charge is 2.44. The van der Waals surface area contributed by atoms with Crippen molar-refractivity contribution in [2.24, 2.45) is 0 Å². The zero-order valence-electron chi connectivity index (χ0n) is 22.1. The molecule has 2 aromatic carbocycles. The Morgan fingerprint density at radius 2 is 1.85 bits per heavy atom. The monoisotopic (exact) mass is 566 g/mol. The van der Waals surface area contributed by atoms with Crippen molar-refractivity contribution in [3.05, 3.63) is 70.8 Å². The number of hydrogen-bond acceptors (Lipinski definition) is 7. The number of piperidine rings is 1. The van der Waals surface area contributed by atoms with E-state index in [1.807, 2.05) is 0 Å². The molecule has 8 nitrogen and oxygen atoms in total. The van der Waals surface area contributed by atoms with Gasteiger partial charge in [-0.15, -0.1) is 0 Å².